The third-order valence-corrected chi connectivity index (χ3v) is 7.46. The minimum atomic E-state index is -4.04. The summed E-state index contributed by atoms with van der Waals surface area (Å²) in [5.74, 6) is 0.0977. The summed E-state index contributed by atoms with van der Waals surface area (Å²) >= 11 is 0. The van der Waals surface area contributed by atoms with Gasteiger partial charge in [0.2, 0.25) is 15.9 Å². The second kappa shape index (κ2) is 9.07. The van der Waals surface area contributed by atoms with Crippen LogP contribution >= 0.6 is 0 Å². The maximum atomic E-state index is 13.5. The molecule has 0 radical (unpaired) electrons. The van der Waals surface area contributed by atoms with Crippen molar-refractivity contribution < 1.29 is 27.5 Å². The van der Waals surface area contributed by atoms with E-state index in [2.05, 4.69) is 0 Å². The van der Waals surface area contributed by atoms with Crippen molar-refractivity contribution in [3.8, 4) is 11.5 Å². The number of rotatable bonds is 8. The first-order valence-electron chi connectivity index (χ1n) is 9.93. The van der Waals surface area contributed by atoms with Gasteiger partial charge in [-0.2, -0.15) is 4.31 Å². The summed E-state index contributed by atoms with van der Waals surface area (Å²) in [7, 11) is -1.02. The number of imide groups is 1. The van der Waals surface area contributed by atoms with Crippen molar-refractivity contribution in [3.63, 3.8) is 0 Å². The van der Waals surface area contributed by atoms with Gasteiger partial charge >= 0.3 is 0 Å². The number of hydrogen-bond acceptors (Lipinski definition) is 6. The largest absolute Gasteiger partial charge is 0.497 e. The molecule has 0 aliphatic carbocycles. The van der Waals surface area contributed by atoms with Crippen LogP contribution in [0.2, 0.25) is 0 Å². The highest BCUT2D eigenvalue weighted by atomic mass is 32.2. The van der Waals surface area contributed by atoms with E-state index in [1.54, 1.807) is 43.3 Å². The number of carbonyl (C=O) groups is 2. The van der Waals surface area contributed by atoms with Gasteiger partial charge < -0.3 is 9.47 Å². The maximum Gasteiger partial charge on any atom is 0.252 e. The van der Waals surface area contributed by atoms with Crippen LogP contribution < -0.4 is 14.4 Å². The second-order valence-corrected chi connectivity index (χ2v) is 9.10. The Hall–Kier alpha value is -2.91. The van der Waals surface area contributed by atoms with Crippen molar-refractivity contribution in [1.82, 2.24) is 4.31 Å². The Kier molecular flexibility index (Phi) is 6.66. The summed E-state index contributed by atoms with van der Waals surface area (Å²) < 4.78 is 38.3. The van der Waals surface area contributed by atoms with Crippen LogP contribution in [0.4, 0.5) is 5.69 Å². The molecule has 0 N–H and O–H groups in total. The molecule has 0 saturated carbocycles. The van der Waals surface area contributed by atoms with E-state index in [1.165, 1.54) is 30.7 Å². The Balaban J connectivity index is 1.98. The fourth-order valence-corrected chi connectivity index (χ4v) is 5.42. The lowest BCUT2D eigenvalue weighted by atomic mass is 10.2. The number of anilines is 1. The molecular weight excluding hydrogens is 420 g/mol. The highest BCUT2D eigenvalue weighted by molar-refractivity contribution is 7.89. The fraction of sp³-hybridized carbons (Fsp3) is 0.364. The van der Waals surface area contributed by atoms with Gasteiger partial charge in [0.15, 0.2) is 0 Å². The minimum Gasteiger partial charge on any atom is -0.497 e. The van der Waals surface area contributed by atoms with Crippen molar-refractivity contribution in [2.24, 2.45) is 0 Å². The van der Waals surface area contributed by atoms with E-state index < -0.39 is 33.9 Å². The monoisotopic (exact) mass is 446 g/mol. The Bertz CT molecular complexity index is 1050. The Labute approximate surface area is 182 Å². The molecule has 0 spiro atoms. The molecule has 2 aromatic carbocycles. The van der Waals surface area contributed by atoms with Crippen LogP contribution in [0.25, 0.3) is 0 Å². The topological polar surface area (TPSA) is 93.2 Å². The third kappa shape index (κ3) is 4.28. The number of nitrogens with zero attached hydrogens (tertiary/aromatic N) is 2. The van der Waals surface area contributed by atoms with E-state index in [0.717, 1.165) is 4.90 Å². The van der Waals surface area contributed by atoms with E-state index >= 15 is 0 Å². The molecule has 1 fully saturated rings. The number of ether oxygens (including phenoxy) is 2. The summed E-state index contributed by atoms with van der Waals surface area (Å²) in [6, 6.07) is 10.9. The summed E-state index contributed by atoms with van der Waals surface area (Å²) in [5, 5.41) is 0. The molecule has 2 amide bonds. The molecule has 2 aromatic rings. The first-order chi connectivity index (χ1) is 14.7. The molecule has 1 heterocycles. The molecular formula is C22H26N2O6S. The van der Waals surface area contributed by atoms with Gasteiger partial charge in [-0.15, -0.1) is 0 Å². The van der Waals surface area contributed by atoms with Gasteiger partial charge in [-0.3, -0.25) is 9.59 Å². The molecule has 0 bridgehead atoms. The van der Waals surface area contributed by atoms with Gasteiger partial charge in [0.05, 0.1) is 31.2 Å². The normalized spacial score (nSPS) is 17.8. The van der Waals surface area contributed by atoms with Gasteiger partial charge in [-0.1, -0.05) is 6.92 Å². The van der Waals surface area contributed by atoms with Gasteiger partial charge in [0, 0.05) is 6.04 Å². The van der Waals surface area contributed by atoms with Crippen molar-refractivity contribution in [3.05, 3.63) is 48.5 Å². The van der Waals surface area contributed by atoms with Crippen LogP contribution in [0.1, 0.15) is 26.7 Å². The van der Waals surface area contributed by atoms with Crippen LogP contribution in [0.15, 0.2) is 53.4 Å². The van der Waals surface area contributed by atoms with Gasteiger partial charge in [-0.05, 0) is 61.9 Å². The molecule has 8 nitrogen and oxygen atoms in total. The summed E-state index contributed by atoms with van der Waals surface area (Å²) in [6.45, 7) is 3.57. The highest BCUT2D eigenvalue weighted by Crippen LogP contribution is 2.32. The number of amides is 2. The van der Waals surface area contributed by atoms with Gasteiger partial charge in [-0.25, -0.2) is 13.3 Å². The molecule has 1 aliphatic heterocycles. The minimum absolute atomic E-state index is 0.0387. The quantitative estimate of drug-likeness (QED) is 0.579. The summed E-state index contributed by atoms with van der Waals surface area (Å²) in [5.41, 5.74) is 0.379. The van der Waals surface area contributed by atoms with Crippen molar-refractivity contribution >= 4 is 27.5 Å². The zero-order valence-electron chi connectivity index (χ0n) is 17.9. The van der Waals surface area contributed by atoms with E-state index in [9.17, 15) is 18.0 Å². The predicted octanol–water partition coefficient (Wildman–Crippen LogP) is 2.83. The predicted molar refractivity (Wildman–Crippen MR) is 116 cm³/mol. The number of benzene rings is 2. The van der Waals surface area contributed by atoms with E-state index in [-0.39, 0.29) is 11.3 Å². The smallest absolute Gasteiger partial charge is 0.252 e. The van der Waals surface area contributed by atoms with Crippen LogP contribution in [-0.4, -0.2) is 50.8 Å². The Morgan fingerprint density at radius 2 is 1.52 bits per heavy atom. The molecule has 9 heteroatoms. The molecule has 0 aromatic heterocycles. The van der Waals surface area contributed by atoms with Crippen LogP contribution in [0, 0.1) is 0 Å². The molecule has 2 unspecified atom stereocenters. The van der Waals surface area contributed by atoms with E-state index in [4.69, 9.17) is 9.47 Å². The molecule has 166 valence electrons. The zero-order valence-corrected chi connectivity index (χ0v) is 18.8. The van der Waals surface area contributed by atoms with Crippen molar-refractivity contribution in [1.29, 1.82) is 0 Å². The van der Waals surface area contributed by atoms with Crippen LogP contribution in [0.5, 0.6) is 11.5 Å². The number of carbonyl (C=O) groups excluding carboxylic acids is 2. The SMILES string of the molecule is CCC(C)N(C1CC(=O)N(c2ccc(OC)cc2)C1=O)S(=O)(=O)c1ccc(OC)cc1. The number of sulfonamides is 1. The molecule has 1 aliphatic rings. The molecule has 31 heavy (non-hydrogen) atoms. The van der Waals surface area contributed by atoms with Crippen LogP contribution in [0.3, 0.4) is 0 Å². The number of methoxy groups -OCH3 is 2. The lowest BCUT2D eigenvalue weighted by Gasteiger charge is -2.31. The first kappa shape index (κ1) is 22.8. The fourth-order valence-electron chi connectivity index (χ4n) is 3.58. The van der Waals surface area contributed by atoms with Crippen LogP contribution in [-0.2, 0) is 19.6 Å². The van der Waals surface area contributed by atoms with Crippen molar-refractivity contribution in [2.75, 3.05) is 19.1 Å². The standard InChI is InChI=1S/C22H26N2O6S/c1-5-15(2)24(31(27,28)19-12-10-18(30-4)11-13-19)20-14-21(25)23(22(20)26)16-6-8-17(29-3)9-7-16/h6-13,15,20H,5,14H2,1-4H3. The molecule has 3 rings (SSSR count). The summed E-state index contributed by atoms with van der Waals surface area (Å²) in [4.78, 5) is 27.1. The Morgan fingerprint density at radius 1 is 1.00 bits per heavy atom. The molecule has 1 saturated heterocycles. The lowest BCUT2D eigenvalue weighted by molar-refractivity contribution is -0.122. The van der Waals surface area contributed by atoms with E-state index in [1.807, 2.05) is 6.92 Å². The average molecular weight is 447 g/mol. The Morgan fingerprint density at radius 3 is 2.00 bits per heavy atom. The zero-order chi connectivity index (χ0) is 22.8. The van der Waals surface area contributed by atoms with Crippen molar-refractivity contribution in [2.45, 2.75) is 43.7 Å². The lowest BCUT2D eigenvalue weighted by Crippen LogP contribution is -2.49. The van der Waals surface area contributed by atoms with Gasteiger partial charge in [0.1, 0.15) is 17.5 Å². The first-order valence-corrected chi connectivity index (χ1v) is 11.4. The second-order valence-electron chi connectivity index (χ2n) is 7.25. The highest BCUT2D eigenvalue weighted by Gasteiger charge is 2.48. The average Bonchev–Trinajstić information content (AvgIpc) is 3.07. The third-order valence-electron chi connectivity index (χ3n) is 5.42. The van der Waals surface area contributed by atoms with E-state index in [0.29, 0.717) is 23.6 Å². The molecule has 2 atom stereocenters. The summed E-state index contributed by atoms with van der Waals surface area (Å²) in [6.07, 6.45) is 0.264. The maximum absolute atomic E-state index is 13.5. The van der Waals surface area contributed by atoms with Gasteiger partial charge in [0.25, 0.3) is 5.91 Å². The number of hydrogen-bond donors (Lipinski definition) is 0.